The van der Waals surface area contributed by atoms with Crippen molar-refractivity contribution >= 4 is 56.7 Å². The summed E-state index contributed by atoms with van der Waals surface area (Å²) < 4.78 is 26.4. The van der Waals surface area contributed by atoms with Gasteiger partial charge in [-0.05, 0) is 139 Å². The number of halogens is 1. The number of methoxy groups -OCH3 is 2. The fraction of sp³-hybridized carbons (Fsp3) is 0.300. The summed E-state index contributed by atoms with van der Waals surface area (Å²) in [5.74, 6) is 5.14. The van der Waals surface area contributed by atoms with Gasteiger partial charge in [0, 0.05) is 50.0 Å². The van der Waals surface area contributed by atoms with E-state index in [9.17, 15) is 0 Å². The van der Waals surface area contributed by atoms with Gasteiger partial charge >= 0.3 is 0 Å². The molecule has 5 N–H and O–H groups in total. The number of hydrogen-bond acceptors (Lipinski definition) is 18. The second-order valence-corrected chi connectivity index (χ2v) is 19.4. The van der Waals surface area contributed by atoms with Crippen molar-refractivity contribution < 1.29 is 18.9 Å². The minimum atomic E-state index is 0.117. The third kappa shape index (κ3) is 14.2. The summed E-state index contributed by atoms with van der Waals surface area (Å²) in [6.07, 6.45) is 6.73. The van der Waals surface area contributed by atoms with E-state index in [2.05, 4.69) is 104 Å². The topological polar surface area (TPSA) is 243 Å². The summed E-state index contributed by atoms with van der Waals surface area (Å²) in [6.45, 7) is 19.1. The van der Waals surface area contributed by atoms with Gasteiger partial charge in [0.1, 0.15) is 56.9 Å². The van der Waals surface area contributed by atoms with Gasteiger partial charge in [0.15, 0.2) is 0 Å². The summed E-state index contributed by atoms with van der Waals surface area (Å²) in [6, 6.07) is 31.6. The first-order valence-corrected chi connectivity index (χ1v) is 27.2. The van der Waals surface area contributed by atoms with E-state index in [1.165, 1.54) is 0 Å². The van der Waals surface area contributed by atoms with Crippen LogP contribution < -0.4 is 40.6 Å². The predicted octanol–water partition coefficient (Wildman–Crippen LogP) is 11.6. The SMILES string of the molecule is CCOc1ncccc1-c1cc(N(Cc2ccc(OC)cc2)Cc2nccc(N)n2)c2c(n1)c(C)nn2C(C)C.CCOc1ncccc1-c1cc(NCc2ccc(OC)cc2)c2c(n1)c(C)nn2C(C)C.Nc1ccnc(CCl)n1. The van der Waals surface area contributed by atoms with E-state index < -0.39 is 0 Å². The van der Waals surface area contributed by atoms with Gasteiger partial charge < -0.3 is 40.6 Å². The molecule has 0 aliphatic carbocycles. The molecule has 0 spiro atoms. The third-order valence-electron chi connectivity index (χ3n) is 12.7. The van der Waals surface area contributed by atoms with Crippen LogP contribution in [0.15, 0.2) is 122 Å². The number of nitrogens with two attached hydrogens (primary N) is 2. The van der Waals surface area contributed by atoms with Crippen molar-refractivity contribution in [1.82, 2.24) is 59.4 Å². The van der Waals surface area contributed by atoms with E-state index in [0.29, 0.717) is 73.8 Å². The molecule has 10 aromatic rings. The lowest BCUT2D eigenvalue weighted by Crippen LogP contribution is -2.25. The van der Waals surface area contributed by atoms with Crippen LogP contribution in [0.25, 0.3) is 44.6 Å². The fourth-order valence-corrected chi connectivity index (χ4v) is 9.01. The molecule has 0 amide bonds. The van der Waals surface area contributed by atoms with Crippen molar-refractivity contribution in [3.05, 3.63) is 156 Å². The number of pyridine rings is 4. The first-order valence-electron chi connectivity index (χ1n) is 26.6. The van der Waals surface area contributed by atoms with Crippen LogP contribution in [0.5, 0.6) is 23.3 Å². The van der Waals surface area contributed by atoms with Crippen LogP contribution in [0.1, 0.15) is 87.8 Å². The highest BCUT2D eigenvalue weighted by atomic mass is 35.5. The van der Waals surface area contributed by atoms with Crippen molar-refractivity contribution in [3.8, 4) is 45.8 Å². The number of alkyl halides is 1. The Balaban J connectivity index is 0.000000187. The van der Waals surface area contributed by atoms with Crippen molar-refractivity contribution in [2.24, 2.45) is 0 Å². The monoisotopic (exact) mass is 1110 g/mol. The maximum absolute atomic E-state index is 6.03. The summed E-state index contributed by atoms with van der Waals surface area (Å²) in [5.41, 5.74) is 24.1. The first-order chi connectivity index (χ1) is 39.2. The van der Waals surface area contributed by atoms with Crippen LogP contribution in [0, 0.1) is 13.8 Å². The molecule has 0 bridgehead atoms. The van der Waals surface area contributed by atoms with E-state index in [-0.39, 0.29) is 12.1 Å². The molecule has 21 heteroatoms. The van der Waals surface area contributed by atoms with E-state index in [1.807, 2.05) is 85.6 Å². The Labute approximate surface area is 476 Å². The zero-order valence-corrected chi connectivity index (χ0v) is 48.2. The molecule has 0 saturated heterocycles. The number of aromatic nitrogens is 12. The number of rotatable bonds is 19. The molecule has 0 saturated carbocycles. The van der Waals surface area contributed by atoms with Crippen molar-refractivity contribution in [1.29, 1.82) is 0 Å². The summed E-state index contributed by atoms with van der Waals surface area (Å²) in [4.78, 5) is 37.9. The van der Waals surface area contributed by atoms with Crippen LogP contribution in [0.2, 0.25) is 0 Å². The van der Waals surface area contributed by atoms with Gasteiger partial charge in [-0.25, -0.2) is 39.9 Å². The molecule has 0 atom stereocenters. The third-order valence-corrected chi connectivity index (χ3v) is 12.9. The number of ether oxygens (including phenoxy) is 4. The van der Waals surface area contributed by atoms with Crippen molar-refractivity contribution in [2.45, 2.75) is 93.0 Å². The van der Waals surface area contributed by atoms with Gasteiger partial charge in [-0.3, -0.25) is 9.36 Å². The Hall–Kier alpha value is -9.17. The molecular formula is C60H69ClN16O4. The highest BCUT2D eigenvalue weighted by molar-refractivity contribution is 6.16. The fourth-order valence-electron chi connectivity index (χ4n) is 8.88. The molecule has 8 heterocycles. The molecule has 8 aromatic heterocycles. The maximum atomic E-state index is 6.03. The van der Waals surface area contributed by atoms with E-state index in [1.54, 1.807) is 51.1 Å². The standard InChI is InChI=1S/C30H34N8O2.C25H29N5O2.C5H6ClN3/c1-6-40-30-23(8-7-14-33-30)24-16-25(29-28(34-24)20(4)36-38(29)19(2)3)37(18-27-32-15-13-26(31)35-27)17-21-9-11-22(39-5)12-10-21;1-6-32-25-20(8-7-13-26-25)21-14-22(27-15-18-9-11-19(31-5)12-10-18)24-23(28-21)17(4)29-30(24)16(2)3;6-3-5-8-2-1-4(7)9-5/h7-16,19H,6,17-18H2,1-5H3,(H2,31,32,35);7-14,16H,6,15H2,1-5H3,(H,27,28);1-2H,3H2,(H2,7,8,9). The number of anilines is 4. The molecule has 0 aliphatic heterocycles. The highest BCUT2D eigenvalue weighted by Gasteiger charge is 2.25. The van der Waals surface area contributed by atoms with Gasteiger partial charge in [-0.2, -0.15) is 10.2 Å². The minimum Gasteiger partial charge on any atom is -0.497 e. The maximum Gasteiger partial charge on any atom is 0.222 e. The normalized spacial score (nSPS) is 11.0. The van der Waals surface area contributed by atoms with Crippen molar-refractivity contribution in [3.63, 3.8) is 0 Å². The number of nitrogens with zero attached hydrogens (tertiary/aromatic N) is 13. The summed E-state index contributed by atoms with van der Waals surface area (Å²) in [5, 5.41) is 13.3. The smallest absolute Gasteiger partial charge is 0.222 e. The summed E-state index contributed by atoms with van der Waals surface area (Å²) in [7, 11) is 3.34. The largest absolute Gasteiger partial charge is 0.497 e. The zero-order chi connectivity index (χ0) is 57.6. The molecule has 0 aliphatic rings. The van der Waals surface area contributed by atoms with Crippen LogP contribution in [-0.4, -0.2) is 86.9 Å². The molecule has 0 unspecified atom stereocenters. The van der Waals surface area contributed by atoms with E-state index >= 15 is 0 Å². The molecule has 420 valence electrons. The van der Waals surface area contributed by atoms with Gasteiger partial charge in [0.25, 0.3) is 0 Å². The second-order valence-electron chi connectivity index (χ2n) is 19.1. The van der Waals surface area contributed by atoms with Crippen LogP contribution in [0.3, 0.4) is 0 Å². The second kappa shape index (κ2) is 27.1. The molecule has 0 radical (unpaired) electrons. The van der Waals surface area contributed by atoms with Crippen LogP contribution in [0.4, 0.5) is 23.0 Å². The van der Waals surface area contributed by atoms with Gasteiger partial charge in [-0.15, -0.1) is 11.6 Å². The Morgan fingerprint density at radius 2 is 1.07 bits per heavy atom. The Kier molecular flexibility index (Phi) is 19.4. The number of fused-ring (bicyclic) bond motifs is 2. The average molecular weight is 1110 g/mol. The van der Waals surface area contributed by atoms with E-state index in [4.69, 9.17) is 62.2 Å². The number of benzene rings is 2. The quantitative estimate of drug-likeness (QED) is 0.0637. The lowest BCUT2D eigenvalue weighted by Gasteiger charge is -2.27. The average Bonchev–Trinajstić information content (AvgIpc) is 4.23. The van der Waals surface area contributed by atoms with E-state index in [0.717, 1.165) is 90.0 Å². The highest BCUT2D eigenvalue weighted by Crippen LogP contribution is 2.38. The Morgan fingerprint density at radius 3 is 1.57 bits per heavy atom. The molecule has 20 nitrogen and oxygen atoms in total. The zero-order valence-electron chi connectivity index (χ0n) is 47.4. The Morgan fingerprint density at radius 1 is 0.580 bits per heavy atom. The summed E-state index contributed by atoms with van der Waals surface area (Å²) >= 11 is 5.42. The number of aryl methyl sites for hydroxylation is 2. The number of nitrogens with one attached hydrogen (secondary N) is 1. The van der Waals surface area contributed by atoms with Gasteiger partial charge in [0.2, 0.25) is 11.8 Å². The first kappa shape index (κ1) is 58.0. The Bertz CT molecular complexity index is 3680. The number of hydrogen-bond donors (Lipinski definition) is 3. The predicted molar refractivity (Wildman–Crippen MR) is 320 cm³/mol. The minimum absolute atomic E-state index is 0.117. The van der Waals surface area contributed by atoms with Gasteiger partial charge in [-0.1, -0.05) is 24.3 Å². The number of nitrogen functional groups attached to an aromatic ring is 2. The lowest BCUT2D eigenvalue weighted by atomic mass is 10.1. The van der Waals surface area contributed by atoms with Gasteiger partial charge in [0.05, 0.1) is 85.1 Å². The molecule has 0 fully saturated rings. The molecule has 81 heavy (non-hydrogen) atoms. The lowest BCUT2D eigenvalue weighted by molar-refractivity contribution is 0.328. The van der Waals surface area contributed by atoms with Crippen LogP contribution >= 0.6 is 11.6 Å². The molecule has 2 aromatic carbocycles. The molecule has 10 rings (SSSR count). The van der Waals surface area contributed by atoms with Crippen molar-refractivity contribution in [2.75, 3.05) is 49.1 Å². The van der Waals surface area contributed by atoms with Crippen LogP contribution in [-0.2, 0) is 25.5 Å². The molecular weight excluding hydrogens is 1040 g/mol.